The zero-order valence-electron chi connectivity index (χ0n) is 14.6. The Kier molecular flexibility index (Phi) is 4.78. The van der Waals surface area contributed by atoms with Crippen LogP contribution >= 0.6 is 11.3 Å². The van der Waals surface area contributed by atoms with Gasteiger partial charge in [0.2, 0.25) is 0 Å². The summed E-state index contributed by atoms with van der Waals surface area (Å²) in [5, 5.41) is 10.8. The van der Waals surface area contributed by atoms with Gasteiger partial charge in [-0.1, -0.05) is 11.3 Å². The second kappa shape index (κ2) is 7.20. The third kappa shape index (κ3) is 3.39. The first-order valence-corrected chi connectivity index (χ1v) is 9.86. The van der Waals surface area contributed by atoms with E-state index in [9.17, 15) is 14.9 Å². The first kappa shape index (κ1) is 17.2. The van der Waals surface area contributed by atoms with Gasteiger partial charge < -0.3 is 4.90 Å². The Balaban J connectivity index is 1.39. The van der Waals surface area contributed by atoms with E-state index >= 15 is 0 Å². The first-order valence-electron chi connectivity index (χ1n) is 9.05. The van der Waals surface area contributed by atoms with Crippen LogP contribution < -0.4 is 9.77 Å². The number of non-ortho nitro benzene ring substituents is 1. The van der Waals surface area contributed by atoms with Crippen molar-refractivity contribution in [1.29, 1.82) is 0 Å². The molecule has 0 N–H and O–H groups in total. The molecule has 138 valence electrons. The minimum absolute atomic E-state index is 0.119. The smallest absolute Gasteiger partial charge is 0.308 e. The van der Waals surface area contributed by atoms with Gasteiger partial charge in [-0.05, 0) is 37.8 Å². The molecule has 1 aromatic heterocycles. The summed E-state index contributed by atoms with van der Waals surface area (Å²) in [6.07, 6.45) is 4.45. The third-order valence-electron chi connectivity index (χ3n) is 5.29. The lowest BCUT2D eigenvalue weighted by Crippen LogP contribution is -2.47. The number of piperazine rings is 1. The number of nitro benzene ring substituents is 1. The maximum absolute atomic E-state index is 12.3. The number of fused-ring (bicyclic) bond motifs is 1. The molecule has 1 fully saturated rings. The molecule has 26 heavy (non-hydrogen) atoms. The summed E-state index contributed by atoms with van der Waals surface area (Å²) >= 11 is 1.42. The first-order chi connectivity index (χ1) is 12.6. The maximum atomic E-state index is 12.3. The molecule has 1 aromatic carbocycles. The molecule has 2 aliphatic rings. The van der Waals surface area contributed by atoms with Crippen molar-refractivity contribution in [2.75, 3.05) is 31.1 Å². The molecule has 1 saturated heterocycles. The summed E-state index contributed by atoms with van der Waals surface area (Å²) in [7, 11) is 0. The van der Waals surface area contributed by atoms with Crippen LogP contribution in [0.2, 0.25) is 0 Å². The van der Waals surface area contributed by atoms with Crippen molar-refractivity contribution >= 4 is 22.7 Å². The fourth-order valence-electron chi connectivity index (χ4n) is 3.80. The predicted molar refractivity (Wildman–Crippen MR) is 102 cm³/mol. The highest BCUT2D eigenvalue weighted by Gasteiger charge is 2.22. The molecule has 7 nitrogen and oxygen atoms in total. The van der Waals surface area contributed by atoms with Gasteiger partial charge in [0.1, 0.15) is 0 Å². The Morgan fingerprint density at radius 2 is 1.73 bits per heavy atom. The zero-order chi connectivity index (χ0) is 18.1. The van der Waals surface area contributed by atoms with Crippen LogP contribution in [0.25, 0.3) is 0 Å². The molecule has 0 saturated carbocycles. The highest BCUT2D eigenvalue weighted by atomic mass is 32.1. The molecule has 2 heterocycles. The lowest BCUT2D eigenvalue weighted by molar-refractivity contribution is -0.384. The van der Waals surface area contributed by atoms with Gasteiger partial charge in [0, 0.05) is 54.6 Å². The van der Waals surface area contributed by atoms with Gasteiger partial charge in [0.15, 0.2) is 0 Å². The van der Waals surface area contributed by atoms with Gasteiger partial charge in [0.25, 0.3) is 5.69 Å². The molecule has 0 unspecified atom stereocenters. The van der Waals surface area contributed by atoms with Crippen LogP contribution in [-0.4, -0.2) is 40.6 Å². The predicted octanol–water partition coefficient (Wildman–Crippen LogP) is 2.48. The number of anilines is 1. The van der Waals surface area contributed by atoms with Crippen LogP contribution in [0.5, 0.6) is 0 Å². The van der Waals surface area contributed by atoms with E-state index in [1.165, 1.54) is 34.7 Å². The lowest BCUT2D eigenvalue weighted by atomic mass is 10.0. The van der Waals surface area contributed by atoms with Crippen molar-refractivity contribution in [2.45, 2.75) is 32.4 Å². The van der Waals surface area contributed by atoms with Gasteiger partial charge >= 0.3 is 4.87 Å². The van der Waals surface area contributed by atoms with Crippen molar-refractivity contribution in [1.82, 2.24) is 9.47 Å². The number of rotatable bonds is 4. The monoisotopic (exact) mass is 374 g/mol. The quantitative estimate of drug-likeness (QED) is 0.607. The number of hydrogen-bond acceptors (Lipinski definition) is 6. The molecule has 8 heteroatoms. The van der Waals surface area contributed by atoms with Crippen LogP contribution in [-0.2, 0) is 19.5 Å². The SMILES string of the molecule is O=c1sc2c(n1CN1CCN(c3ccc([N+](=O)[O-])cc3)CC1)CCCC2. The van der Waals surface area contributed by atoms with E-state index in [-0.39, 0.29) is 15.5 Å². The highest BCUT2D eigenvalue weighted by molar-refractivity contribution is 7.09. The van der Waals surface area contributed by atoms with E-state index in [4.69, 9.17) is 0 Å². The second-order valence-corrected chi connectivity index (χ2v) is 7.94. The van der Waals surface area contributed by atoms with E-state index in [1.807, 2.05) is 16.7 Å². The lowest BCUT2D eigenvalue weighted by Gasteiger charge is -2.36. The minimum Gasteiger partial charge on any atom is -0.369 e. The Hall–Kier alpha value is -2.19. The summed E-state index contributed by atoms with van der Waals surface area (Å²) in [5.41, 5.74) is 2.39. The number of aromatic nitrogens is 1. The molecular formula is C18H22N4O3S. The number of benzene rings is 1. The van der Waals surface area contributed by atoms with Crippen LogP contribution in [0.1, 0.15) is 23.4 Å². The topological polar surface area (TPSA) is 71.6 Å². The molecular weight excluding hydrogens is 352 g/mol. The molecule has 1 aliphatic heterocycles. The number of nitrogens with zero attached hydrogens (tertiary/aromatic N) is 4. The summed E-state index contributed by atoms with van der Waals surface area (Å²) in [5.74, 6) is 0. The van der Waals surface area contributed by atoms with Crippen LogP contribution in [0.4, 0.5) is 11.4 Å². The summed E-state index contributed by atoms with van der Waals surface area (Å²) in [4.78, 5) is 28.8. The Morgan fingerprint density at radius 1 is 1.04 bits per heavy atom. The van der Waals surface area contributed by atoms with Crippen molar-refractivity contribution < 1.29 is 4.92 Å². The summed E-state index contributed by atoms with van der Waals surface area (Å²) < 4.78 is 1.97. The molecule has 0 atom stereocenters. The van der Waals surface area contributed by atoms with Gasteiger partial charge in [-0.3, -0.25) is 24.4 Å². The van der Waals surface area contributed by atoms with E-state index in [0.29, 0.717) is 6.67 Å². The summed E-state index contributed by atoms with van der Waals surface area (Å²) in [6, 6.07) is 6.74. The molecule has 0 amide bonds. The van der Waals surface area contributed by atoms with Crippen LogP contribution in [0, 0.1) is 10.1 Å². The number of aryl methyl sites for hydroxylation is 1. The zero-order valence-corrected chi connectivity index (χ0v) is 15.4. The Bertz CT molecular complexity index is 850. The number of hydrogen-bond donors (Lipinski definition) is 0. The number of thiazole rings is 1. The normalized spacial score (nSPS) is 17.9. The van der Waals surface area contributed by atoms with Gasteiger partial charge in [0.05, 0.1) is 11.6 Å². The molecule has 0 bridgehead atoms. The molecule has 2 aromatic rings. The fraction of sp³-hybridized carbons (Fsp3) is 0.500. The fourth-order valence-corrected chi connectivity index (χ4v) is 4.87. The van der Waals surface area contributed by atoms with Gasteiger partial charge in [-0.15, -0.1) is 0 Å². The standard InChI is InChI=1S/C18H22N4O3S/c23-18-21(16-3-1-2-4-17(16)26-18)13-19-9-11-20(12-10-19)14-5-7-15(8-6-14)22(24)25/h5-8H,1-4,9-13H2. The molecule has 1 aliphatic carbocycles. The molecule has 4 rings (SSSR count). The largest absolute Gasteiger partial charge is 0.369 e. The second-order valence-electron chi connectivity index (χ2n) is 6.89. The molecule has 0 radical (unpaired) electrons. The number of nitro groups is 1. The van der Waals surface area contributed by atoms with E-state index in [1.54, 1.807) is 12.1 Å². The van der Waals surface area contributed by atoms with E-state index < -0.39 is 0 Å². The van der Waals surface area contributed by atoms with Crippen molar-refractivity contribution in [3.05, 3.63) is 54.6 Å². The van der Waals surface area contributed by atoms with Gasteiger partial charge in [-0.25, -0.2) is 0 Å². The Morgan fingerprint density at radius 3 is 2.42 bits per heavy atom. The van der Waals surface area contributed by atoms with Crippen LogP contribution in [0.15, 0.2) is 29.1 Å². The highest BCUT2D eigenvalue weighted by Crippen LogP contribution is 2.24. The summed E-state index contributed by atoms with van der Waals surface area (Å²) in [6.45, 7) is 4.17. The van der Waals surface area contributed by atoms with Gasteiger partial charge in [-0.2, -0.15) is 0 Å². The average molecular weight is 374 g/mol. The Labute approximate surface area is 155 Å². The average Bonchev–Trinajstić information content (AvgIpc) is 2.98. The third-order valence-corrected chi connectivity index (χ3v) is 6.37. The van der Waals surface area contributed by atoms with Crippen molar-refractivity contribution in [2.24, 2.45) is 0 Å². The minimum atomic E-state index is -0.374. The van der Waals surface area contributed by atoms with Crippen molar-refractivity contribution in [3.8, 4) is 0 Å². The van der Waals surface area contributed by atoms with Crippen molar-refractivity contribution in [3.63, 3.8) is 0 Å². The van der Waals surface area contributed by atoms with Crippen LogP contribution in [0.3, 0.4) is 0 Å². The van der Waals surface area contributed by atoms with E-state index in [2.05, 4.69) is 9.80 Å². The maximum Gasteiger partial charge on any atom is 0.308 e. The van der Waals surface area contributed by atoms with E-state index in [0.717, 1.165) is 44.7 Å². The molecule has 0 spiro atoms.